The van der Waals surface area contributed by atoms with Gasteiger partial charge in [0.2, 0.25) is 5.91 Å². The summed E-state index contributed by atoms with van der Waals surface area (Å²) >= 11 is 0. The summed E-state index contributed by atoms with van der Waals surface area (Å²) in [6, 6.07) is 9.40. The Kier molecular flexibility index (Phi) is 4.76. The molecule has 1 saturated heterocycles. The van der Waals surface area contributed by atoms with Gasteiger partial charge in [-0.25, -0.2) is 0 Å². The van der Waals surface area contributed by atoms with E-state index in [1.54, 1.807) is 31.3 Å². The molecule has 1 aromatic heterocycles. The van der Waals surface area contributed by atoms with Crippen LogP contribution >= 0.6 is 0 Å². The molecule has 1 aromatic carbocycles. The van der Waals surface area contributed by atoms with Crippen LogP contribution in [-0.2, 0) is 9.53 Å². The average molecular weight is 327 g/mol. The lowest BCUT2D eigenvalue weighted by atomic mass is 10.0. The van der Waals surface area contributed by atoms with Crippen LogP contribution in [0.1, 0.15) is 16.8 Å². The molecule has 1 N–H and O–H groups in total. The molecule has 2 aromatic rings. The first-order valence-corrected chi connectivity index (χ1v) is 8.00. The first-order valence-electron chi connectivity index (χ1n) is 8.00. The smallest absolute Gasteiger partial charge is 0.256 e. The Morgan fingerprint density at radius 3 is 2.83 bits per heavy atom. The van der Waals surface area contributed by atoms with Gasteiger partial charge in [-0.15, -0.1) is 0 Å². The monoisotopic (exact) mass is 327 g/mol. The van der Waals surface area contributed by atoms with Gasteiger partial charge in [-0.1, -0.05) is 18.2 Å². The first kappa shape index (κ1) is 16.4. The number of nitrogens with one attached hydrogen (secondary N) is 1. The van der Waals surface area contributed by atoms with Crippen molar-refractivity contribution in [2.24, 2.45) is 5.92 Å². The van der Waals surface area contributed by atoms with Crippen molar-refractivity contribution in [3.8, 4) is 0 Å². The van der Waals surface area contributed by atoms with Gasteiger partial charge in [0.15, 0.2) is 0 Å². The summed E-state index contributed by atoms with van der Waals surface area (Å²) < 4.78 is 5.48. The van der Waals surface area contributed by atoms with Gasteiger partial charge in [0.25, 0.3) is 5.91 Å². The number of carbonyl (C=O) groups is 2. The summed E-state index contributed by atoms with van der Waals surface area (Å²) in [7, 11) is 3.23. The lowest BCUT2D eigenvalue weighted by Crippen LogP contribution is -2.30. The van der Waals surface area contributed by atoms with Crippen molar-refractivity contribution >= 4 is 22.7 Å². The molecule has 6 nitrogen and oxygen atoms in total. The number of para-hydroxylation sites is 1. The number of carbonyl (C=O) groups excluding carboxylic acids is 2. The van der Waals surface area contributed by atoms with E-state index in [9.17, 15) is 9.59 Å². The molecule has 126 valence electrons. The lowest BCUT2D eigenvalue weighted by molar-refractivity contribution is -0.122. The molecule has 24 heavy (non-hydrogen) atoms. The molecular weight excluding hydrogens is 306 g/mol. The van der Waals surface area contributed by atoms with Crippen molar-refractivity contribution in [2.45, 2.75) is 12.5 Å². The van der Waals surface area contributed by atoms with Crippen LogP contribution in [0.3, 0.4) is 0 Å². The predicted molar refractivity (Wildman–Crippen MR) is 90.6 cm³/mol. The third-order valence-corrected chi connectivity index (χ3v) is 4.56. The van der Waals surface area contributed by atoms with E-state index in [1.165, 1.54) is 0 Å². The average Bonchev–Trinajstić information content (AvgIpc) is 3.03. The fourth-order valence-electron chi connectivity index (χ4n) is 3.26. The third kappa shape index (κ3) is 3.10. The molecule has 0 saturated carbocycles. The molecule has 1 aliphatic heterocycles. The number of ether oxygens (including phenoxy) is 1. The highest BCUT2D eigenvalue weighted by atomic mass is 16.5. The molecule has 0 spiro atoms. The highest BCUT2D eigenvalue weighted by Gasteiger charge is 2.37. The number of nitrogens with zero attached hydrogens (tertiary/aromatic N) is 2. The molecule has 1 fully saturated rings. The first-order chi connectivity index (χ1) is 11.6. The topological polar surface area (TPSA) is 71.5 Å². The van der Waals surface area contributed by atoms with Gasteiger partial charge in [0, 0.05) is 51.2 Å². The number of methoxy groups -OCH3 is 1. The minimum absolute atomic E-state index is 0.00170. The third-order valence-electron chi connectivity index (χ3n) is 4.56. The van der Waals surface area contributed by atoms with E-state index in [0.717, 1.165) is 5.39 Å². The normalized spacial score (nSPS) is 20.3. The van der Waals surface area contributed by atoms with E-state index in [4.69, 9.17) is 4.74 Å². The quantitative estimate of drug-likeness (QED) is 0.923. The van der Waals surface area contributed by atoms with Gasteiger partial charge >= 0.3 is 0 Å². The number of amides is 2. The minimum Gasteiger partial charge on any atom is -0.379 e. The molecule has 2 amide bonds. The number of aromatic nitrogens is 1. The summed E-state index contributed by atoms with van der Waals surface area (Å²) in [5.41, 5.74) is 1.29. The molecule has 1 aliphatic rings. The zero-order chi connectivity index (χ0) is 17.1. The van der Waals surface area contributed by atoms with Gasteiger partial charge in [-0.3, -0.25) is 14.6 Å². The molecule has 0 bridgehead atoms. The van der Waals surface area contributed by atoms with Crippen LogP contribution in [0, 0.1) is 5.92 Å². The summed E-state index contributed by atoms with van der Waals surface area (Å²) in [4.78, 5) is 30.7. The van der Waals surface area contributed by atoms with Gasteiger partial charge in [-0.05, 0) is 12.1 Å². The Bertz CT molecular complexity index is 757. The van der Waals surface area contributed by atoms with Gasteiger partial charge in [0.1, 0.15) is 0 Å². The highest BCUT2D eigenvalue weighted by molar-refractivity contribution is 6.05. The van der Waals surface area contributed by atoms with Crippen molar-refractivity contribution in [1.29, 1.82) is 0 Å². The fourth-order valence-corrected chi connectivity index (χ4v) is 3.26. The summed E-state index contributed by atoms with van der Waals surface area (Å²) in [6.45, 7) is 0.994. The Morgan fingerprint density at radius 1 is 1.29 bits per heavy atom. The second kappa shape index (κ2) is 6.97. The van der Waals surface area contributed by atoms with E-state index < -0.39 is 0 Å². The van der Waals surface area contributed by atoms with Crippen LogP contribution in [0.5, 0.6) is 0 Å². The number of likely N-dealkylation sites (tertiary alicyclic amines) is 1. The maximum atomic E-state index is 13.0. The summed E-state index contributed by atoms with van der Waals surface area (Å²) in [5.74, 6) is -0.106. The van der Waals surface area contributed by atoms with Gasteiger partial charge < -0.3 is 15.0 Å². The van der Waals surface area contributed by atoms with E-state index in [-0.39, 0.29) is 23.8 Å². The Morgan fingerprint density at radius 2 is 2.08 bits per heavy atom. The van der Waals surface area contributed by atoms with Crippen LogP contribution in [0.4, 0.5) is 0 Å². The number of hydrogen-bond donors (Lipinski definition) is 1. The summed E-state index contributed by atoms with van der Waals surface area (Å²) in [5, 5.41) is 3.57. The van der Waals surface area contributed by atoms with Crippen LogP contribution in [0.15, 0.2) is 36.5 Å². The van der Waals surface area contributed by atoms with E-state index in [0.29, 0.717) is 30.6 Å². The number of pyridine rings is 1. The van der Waals surface area contributed by atoms with Crippen molar-refractivity contribution in [1.82, 2.24) is 15.2 Å². The van der Waals surface area contributed by atoms with Crippen molar-refractivity contribution in [3.63, 3.8) is 0 Å². The largest absolute Gasteiger partial charge is 0.379 e. The second-order valence-corrected chi connectivity index (χ2v) is 6.00. The Balaban J connectivity index is 1.83. The molecule has 0 aliphatic carbocycles. The predicted octanol–water partition coefficient (Wildman–Crippen LogP) is 1.46. The minimum atomic E-state index is -0.130. The van der Waals surface area contributed by atoms with Crippen LogP contribution in [-0.4, -0.2) is 55.0 Å². The Labute approximate surface area is 140 Å². The van der Waals surface area contributed by atoms with Gasteiger partial charge in [-0.2, -0.15) is 0 Å². The molecule has 2 atom stereocenters. The molecule has 3 rings (SSSR count). The molecule has 2 heterocycles. The van der Waals surface area contributed by atoms with E-state index >= 15 is 0 Å². The van der Waals surface area contributed by atoms with E-state index in [2.05, 4.69) is 10.3 Å². The lowest BCUT2D eigenvalue weighted by Gasteiger charge is -2.17. The molecule has 0 radical (unpaired) electrons. The van der Waals surface area contributed by atoms with Crippen LogP contribution in [0.2, 0.25) is 0 Å². The zero-order valence-corrected chi connectivity index (χ0v) is 13.9. The highest BCUT2D eigenvalue weighted by Crippen LogP contribution is 2.26. The van der Waals surface area contributed by atoms with Crippen molar-refractivity contribution < 1.29 is 14.3 Å². The fraction of sp³-hybridized carbons (Fsp3) is 0.389. The maximum absolute atomic E-state index is 13.0. The second-order valence-electron chi connectivity index (χ2n) is 6.00. The number of rotatable bonds is 4. The van der Waals surface area contributed by atoms with Crippen molar-refractivity contribution in [3.05, 3.63) is 42.1 Å². The maximum Gasteiger partial charge on any atom is 0.256 e. The molecular formula is C18H21N3O3. The Hall–Kier alpha value is -2.47. The number of benzene rings is 1. The molecule has 6 heteroatoms. The number of fused-ring (bicyclic) bond motifs is 1. The van der Waals surface area contributed by atoms with Crippen LogP contribution < -0.4 is 5.32 Å². The number of hydrogen-bond acceptors (Lipinski definition) is 4. The van der Waals surface area contributed by atoms with E-state index in [1.807, 2.05) is 24.3 Å². The summed E-state index contributed by atoms with van der Waals surface area (Å²) in [6.07, 6.45) is 1.91. The van der Waals surface area contributed by atoms with Crippen LogP contribution in [0.25, 0.3) is 10.9 Å². The zero-order valence-electron chi connectivity index (χ0n) is 13.9. The standard InChI is InChI=1S/C18H21N3O3/c1-19-16(22)9-13-10-21(11-15(13)24-2)18(23)14-7-3-5-12-6-4-8-20-17(12)14/h3-8,13,15H,9-11H2,1-2H3,(H,19,22)/t13-,15-/m0/s1. The van der Waals surface area contributed by atoms with Crippen molar-refractivity contribution in [2.75, 3.05) is 27.2 Å². The van der Waals surface area contributed by atoms with Gasteiger partial charge in [0.05, 0.1) is 17.2 Å². The SMILES string of the molecule is CNC(=O)C[C@H]1CN(C(=O)c2cccc3cccnc23)C[C@@H]1OC. The molecule has 0 unspecified atom stereocenters.